The Kier molecular flexibility index (Phi) is 17.0. The molecule has 1 N–H and O–H groups in total. The molecule has 0 aliphatic rings. The summed E-state index contributed by atoms with van der Waals surface area (Å²) in [7, 11) is 0. The van der Waals surface area contributed by atoms with Gasteiger partial charge in [0.25, 0.3) is 0 Å². The SMILES string of the molecule is CC(=O)CC(C)(C)C.CC(=O)CC(C)(C)C.CCCCC[C@H](C)C(=O)O. The number of carboxylic acids is 1. The van der Waals surface area contributed by atoms with Crippen molar-refractivity contribution in [1.29, 1.82) is 0 Å². The summed E-state index contributed by atoms with van der Waals surface area (Å²) in [5.41, 5.74) is 0.345. The van der Waals surface area contributed by atoms with Gasteiger partial charge in [0.05, 0.1) is 5.92 Å². The quantitative estimate of drug-likeness (QED) is 0.531. The lowest BCUT2D eigenvalue weighted by atomic mass is 9.90. The van der Waals surface area contributed by atoms with Crippen LogP contribution >= 0.6 is 0 Å². The third kappa shape index (κ3) is 34.2. The Labute approximate surface area is 162 Å². The first-order valence-electron chi connectivity index (χ1n) is 9.73. The minimum atomic E-state index is -0.670. The number of hydrogen-bond acceptors (Lipinski definition) is 3. The third-order valence-corrected chi connectivity index (χ3v) is 3.22. The largest absolute Gasteiger partial charge is 0.481 e. The van der Waals surface area contributed by atoms with Crippen molar-refractivity contribution in [2.24, 2.45) is 16.7 Å². The van der Waals surface area contributed by atoms with Crippen LogP contribution in [0.15, 0.2) is 0 Å². The van der Waals surface area contributed by atoms with Gasteiger partial charge in [0.15, 0.2) is 0 Å². The van der Waals surface area contributed by atoms with Gasteiger partial charge in [0.2, 0.25) is 0 Å². The van der Waals surface area contributed by atoms with Gasteiger partial charge in [-0.15, -0.1) is 0 Å². The second kappa shape index (κ2) is 14.9. The summed E-state index contributed by atoms with van der Waals surface area (Å²) in [4.78, 5) is 31.2. The van der Waals surface area contributed by atoms with Gasteiger partial charge in [-0.3, -0.25) is 4.79 Å². The van der Waals surface area contributed by atoms with Crippen molar-refractivity contribution in [3.8, 4) is 0 Å². The number of carbonyl (C=O) groups is 3. The number of unbranched alkanes of at least 4 members (excludes halogenated alkanes) is 2. The molecule has 0 spiro atoms. The van der Waals surface area contributed by atoms with E-state index in [0.717, 1.165) is 25.7 Å². The number of ketones is 2. The smallest absolute Gasteiger partial charge is 0.306 e. The van der Waals surface area contributed by atoms with E-state index in [1.54, 1.807) is 20.8 Å². The molecule has 4 nitrogen and oxygen atoms in total. The molecule has 0 saturated heterocycles. The summed E-state index contributed by atoms with van der Waals surface area (Å²) >= 11 is 0. The maximum absolute atomic E-state index is 10.5. The molecule has 156 valence electrons. The molecule has 1 atom stereocenters. The second-order valence-corrected chi connectivity index (χ2v) is 9.61. The highest BCUT2D eigenvalue weighted by Gasteiger charge is 2.12. The van der Waals surface area contributed by atoms with Crippen LogP contribution < -0.4 is 0 Å². The van der Waals surface area contributed by atoms with Crippen molar-refractivity contribution in [2.75, 3.05) is 0 Å². The molecule has 26 heavy (non-hydrogen) atoms. The standard InChI is InChI=1S/C8H16O2.2C7H14O/c1-3-4-5-6-7(2)8(9)10;2*1-6(8)5-7(2,3)4/h7H,3-6H2,1-2H3,(H,9,10);2*5H2,1-4H3/t7-;;/m0../s1. The summed E-state index contributed by atoms with van der Waals surface area (Å²) < 4.78 is 0. The number of rotatable bonds is 7. The van der Waals surface area contributed by atoms with Gasteiger partial charge in [-0.2, -0.15) is 0 Å². The maximum Gasteiger partial charge on any atom is 0.306 e. The Bertz CT molecular complexity index is 371. The van der Waals surface area contributed by atoms with Crippen molar-refractivity contribution >= 4 is 17.5 Å². The van der Waals surface area contributed by atoms with Crippen molar-refractivity contribution in [1.82, 2.24) is 0 Å². The van der Waals surface area contributed by atoms with Crippen LogP contribution in [0.1, 0.15) is 108 Å². The molecular weight excluding hydrogens is 328 g/mol. The fourth-order valence-electron chi connectivity index (χ4n) is 2.32. The number of aliphatic carboxylic acids is 1. The minimum absolute atomic E-state index is 0.161. The predicted molar refractivity (Wildman–Crippen MR) is 110 cm³/mol. The average Bonchev–Trinajstić information content (AvgIpc) is 2.33. The summed E-state index contributed by atoms with van der Waals surface area (Å²) in [6.45, 7) is 19.5. The Hall–Kier alpha value is -1.19. The number of hydrogen-bond donors (Lipinski definition) is 1. The van der Waals surface area contributed by atoms with E-state index >= 15 is 0 Å². The fourth-order valence-corrected chi connectivity index (χ4v) is 2.32. The molecule has 4 heteroatoms. The van der Waals surface area contributed by atoms with Crippen LogP contribution in [-0.4, -0.2) is 22.6 Å². The molecule has 0 amide bonds. The van der Waals surface area contributed by atoms with E-state index < -0.39 is 5.97 Å². The van der Waals surface area contributed by atoms with E-state index in [1.165, 1.54) is 0 Å². The van der Waals surface area contributed by atoms with Gasteiger partial charge in [0.1, 0.15) is 11.6 Å². The highest BCUT2D eigenvalue weighted by molar-refractivity contribution is 5.76. The molecular formula is C22H44O4. The summed E-state index contributed by atoms with van der Waals surface area (Å²) in [5, 5.41) is 8.48. The Morgan fingerprint density at radius 2 is 1.15 bits per heavy atom. The van der Waals surface area contributed by atoms with Gasteiger partial charge in [0, 0.05) is 12.8 Å². The number of carboxylic acid groups (broad SMARTS) is 1. The van der Waals surface area contributed by atoms with Crippen LogP contribution in [0.3, 0.4) is 0 Å². The minimum Gasteiger partial charge on any atom is -0.481 e. The lowest BCUT2D eigenvalue weighted by Gasteiger charge is -2.14. The Morgan fingerprint density at radius 3 is 1.31 bits per heavy atom. The lowest BCUT2D eigenvalue weighted by Crippen LogP contribution is -2.09. The normalized spacial score (nSPS) is 12.1. The zero-order valence-electron chi connectivity index (χ0n) is 19.0. The number of carbonyl (C=O) groups excluding carboxylic acids is 2. The zero-order valence-corrected chi connectivity index (χ0v) is 19.0. The molecule has 0 rings (SSSR count). The molecule has 0 aliphatic carbocycles. The molecule has 0 aliphatic heterocycles. The van der Waals surface area contributed by atoms with E-state index in [-0.39, 0.29) is 28.3 Å². The van der Waals surface area contributed by atoms with Gasteiger partial charge < -0.3 is 14.7 Å². The van der Waals surface area contributed by atoms with E-state index in [0.29, 0.717) is 12.8 Å². The average molecular weight is 373 g/mol. The zero-order chi connectivity index (χ0) is 21.6. The van der Waals surface area contributed by atoms with E-state index in [9.17, 15) is 14.4 Å². The molecule has 0 bridgehead atoms. The molecule has 0 aromatic carbocycles. The molecule has 0 radical (unpaired) electrons. The Morgan fingerprint density at radius 1 is 0.808 bits per heavy atom. The van der Waals surface area contributed by atoms with E-state index in [4.69, 9.17) is 5.11 Å². The Balaban J connectivity index is -0.000000308. The van der Waals surface area contributed by atoms with Gasteiger partial charge in [-0.05, 0) is 31.1 Å². The topological polar surface area (TPSA) is 71.4 Å². The highest BCUT2D eigenvalue weighted by atomic mass is 16.4. The van der Waals surface area contributed by atoms with E-state index in [2.05, 4.69) is 48.5 Å². The molecule has 0 fully saturated rings. The first kappa shape index (κ1) is 29.6. The second-order valence-electron chi connectivity index (χ2n) is 9.61. The number of Topliss-reactive ketones (excluding diaryl/α,β-unsaturated/α-hetero) is 2. The summed E-state index contributed by atoms with van der Waals surface area (Å²) in [5.74, 6) is -0.280. The lowest BCUT2D eigenvalue weighted by molar-refractivity contribution is -0.141. The van der Waals surface area contributed by atoms with E-state index in [1.807, 2.05) is 0 Å². The van der Waals surface area contributed by atoms with Crippen molar-refractivity contribution in [3.63, 3.8) is 0 Å². The molecule has 0 aromatic heterocycles. The van der Waals surface area contributed by atoms with Crippen molar-refractivity contribution < 1.29 is 19.5 Å². The third-order valence-electron chi connectivity index (χ3n) is 3.22. The first-order chi connectivity index (χ1) is 11.5. The van der Waals surface area contributed by atoms with Gasteiger partial charge in [-0.25, -0.2) is 0 Å². The molecule has 0 heterocycles. The van der Waals surface area contributed by atoms with Gasteiger partial charge >= 0.3 is 5.97 Å². The van der Waals surface area contributed by atoms with Crippen LogP contribution in [0, 0.1) is 16.7 Å². The van der Waals surface area contributed by atoms with Crippen LogP contribution in [0.4, 0.5) is 0 Å². The maximum atomic E-state index is 10.5. The van der Waals surface area contributed by atoms with Crippen LogP contribution in [0.5, 0.6) is 0 Å². The van der Waals surface area contributed by atoms with Crippen molar-refractivity contribution in [3.05, 3.63) is 0 Å². The summed E-state index contributed by atoms with van der Waals surface area (Å²) in [6, 6.07) is 0. The monoisotopic (exact) mass is 372 g/mol. The first-order valence-corrected chi connectivity index (χ1v) is 9.73. The molecule has 0 aromatic rings. The van der Waals surface area contributed by atoms with Crippen molar-refractivity contribution in [2.45, 2.75) is 108 Å². The summed E-state index contributed by atoms with van der Waals surface area (Å²) in [6.07, 6.45) is 5.55. The predicted octanol–water partition coefficient (Wildman–Crippen LogP) is 6.31. The fraction of sp³-hybridized carbons (Fsp3) is 0.864. The van der Waals surface area contributed by atoms with Gasteiger partial charge in [-0.1, -0.05) is 74.7 Å². The van der Waals surface area contributed by atoms with Crippen LogP contribution in [0.2, 0.25) is 0 Å². The van der Waals surface area contributed by atoms with Crippen LogP contribution in [-0.2, 0) is 14.4 Å². The van der Waals surface area contributed by atoms with Crippen LogP contribution in [0.25, 0.3) is 0 Å². The molecule has 0 unspecified atom stereocenters. The molecule has 0 saturated carbocycles. The highest BCUT2D eigenvalue weighted by Crippen LogP contribution is 2.18.